The van der Waals surface area contributed by atoms with Crippen molar-refractivity contribution in [1.29, 1.82) is 0 Å². The van der Waals surface area contributed by atoms with Crippen LogP contribution in [0.15, 0.2) is 24.5 Å². The van der Waals surface area contributed by atoms with Crippen LogP contribution in [-0.4, -0.2) is 25.8 Å². The van der Waals surface area contributed by atoms with Crippen LogP contribution in [0.3, 0.4) is 0 Å². The van der Waals surface area contributed by atoms with Crippen molar-refractivity contribution in [2.24, 2.45) is 5.73 Å². The highest BCUT2D eigenvalue weighted by Gasteiger charge is 2.11. The highest BCUT2D eigenvalue weighted by atomic mass is 16.1. The molecule has 2 aromatic rings. The van der Waals surface area contributed by atoms with Crippen LogP contribution in [0.5, 0.6) is 0 Å². The number of nitrogens with zero attached hydrogens (tertiary/aromatic N) is 4. The molecule has 0 aliphatic carbocycles. The highest BCUT2D eigenvalue weighted by molar-refractivity contribution is 5.99. The van der Waals surface area contributed by atoms with Gasteiger partial charge in [-0.25, -0.2) is 9.67 Å². The van der Waals surface area contributed by atoms with Crippen LogP contribution >= 0.6 is 0 Å². The highest BCUT2D eigenvalue weighted by Crippen LogP contribution is 2.08. The van der Waals surface area contributed by atoms with E-state index in [9.17, 15) is 4.79 Å². The molecule has 0 bridgehead atoms. The molecule has 0 saturated carbocycles. The van der Waals surface area contributed by atoms with Crippen molar-refractivity contribution in [2.75, 3.05) is 5.73 Å². The SMILES string of the molecule is NCc1cn(CC(=O)c2cccnc2N)nn1. The number of hydrogen-bond acceptors (Lipinski definition) is 6. The fourth-order valence-corrected chi connectivity index (χ4v) is 1.39. The van der Waals surface area contributed by atoms with E-state index in [1.54, 1.807) is 18.3 Å². The van der Waals surface area contributed by atoms with Gasteiger partial charge in [0, 0.05) is 12.7 Å². The van der Waals surface area contributed by atoms with Crippen molar-refractivity contribution in [3.63, 3.8) is 0 Å². The number of ketones is 1. The number of pyridine rings is 1. The Morgan fingerprint density at radius 3 is 2.94 bits per heavy atom. The van der Waals surface area contributed by atoms with Gasteiger partial charge in [0.15, 0.2) is 5.78 Å². The predicted molar refractivity (Wildman–Crippen MR) is 60.9 cm³/mol. The summed E-state index contributed by atoms with van der Waals surface area (Å²) in [5, 5.41) is 7.58. The van der Waals surface area contributed by atoms with Gasteiger partial charge in [-0.3, -0.25) is 4.79 Å². The van der Waals surface area contributed by atoms with E-state index in [0.717, 1.165) is 0 Å². The van der Waals surface area contributed by atoms with E-state index in [-0.39, 0.29) is 18.1 Å². The number of rotatable bonds is 4. The van der Waals surface area contributed by atoms with Gasteiger partial charge < -0.3 is 11.5 Å². The number of nitrogens with two attached hydrogens (primary N) is 2. The molecule has 88 valence electrons. The molecule has 2 heterocycles. The summed E-state index contributed by atoms with van der Waals surface area (Å²) < 4.78 is 1.43. The second-order valence-corrected chi connectivity index (χ2v) is 3.47. The van der Waals surface area contributed by atoms with Crippen molar-refractivity contribution < 1.29 is 4.79 Å². The third-order valence-corrected chi connectivity index (χ3v) is 2.24. The summed E-state index contributed by atoms with van der Waals surface area (Å²) in [6, 6.07) is 3.29. The minimum atomic E-state index is -0.163. The Hall–Kier alpha value is -2.28. The molecule has 0 radical (unpaired) electrons. The lowest BCUT2D eigenvalue weighted by molar-refractivity contribution is 0.0967. The third kappa shape index (κ3) is 2.45. The number of nitrogen functional groups attached to an aromatic ring is 1. The van der Waals surface area contributed by atoms with Gasteiger partial charge >= 0.3 is 0 Å². The van der Waals surface area contributed by atoms with E-state index in [1.165, 1.54) is 10.9 Å². The molecule has 2 aromatic heterocycles. The molecule has 0 aliphatic heterocycles. The lowest BCUT2D eigenvalue weighted by Gasteiger charge is -2.02. The van der Waals surface area contributed by atoms with Crippen molar-refractivity contribution in [3.05, 3.63) is 35.8 Å². The maximum Gasteiger partial charge on any atom is 0.188 e. The van der Waals surface area contributed by atoms with Gasteiger partial charge in [-0.15, -0.1) is 5.10 Å². The van der Waals surface area contributed by atoms with Crippen LogP contribution in [0.4, 0.5) is 5.82 Å². The Labute approximate surface area is 97.4 Å². The van der Waals surface area contributed by atoms with E-state index >= 15 is 0 Å². The molecule has 4 N–H and O–H groups in total. The summed E-state index contributed by atoms with van der Waals surface area (Å²) >= 11 is 0. The van der Waals surface area contributed by atoms with Crippen molar-refractivity contribution in [2.45, 2.75) is 13.1 Å². The molecule has 0 saturated heterocycles. The molecule has 0 aliphatic rings. The number of aromatic nitrogens is 4. The van der Waals surface area contributed by atoms with Crippen LogP contribution in [0.1, 0.15) is 16.1 Å². The van der Waals surface area contributed by atoms with Gasteiger partial charge in [0.1, 0.15) is 12.4 Å². The maximum atomic E-state index is 11.9. The molecule has 2 rings (SSSR count). The second kappa shape index (κ2) is 4.71. The first-order valence-corrected chi connectivity index (χ1v) is 5.03. The number of hydrogen-bond donors (Lipinski definition) is 2. The normalized spacial score (nSPS) is 10.4. The van der Waals surface area contributed by atoms with Crippen molar-refractivity contribution in [3.8, 4) is 0 Å². The van der Waals surface area contributed by atoms with Gasteiger partial charge in [0.05, 0.1) is 17.5 Å². The minimum Gasteiger partial charge on any atom is -0.383 e. The Kier molecular flexibility index (Phi) is 3.10. The molecular formula is C10H12N6O. The monoisotopic (exact) mass is 232 g/mol. The first-order chi connectivity index (χ1) is 8.20. The molecule has 0 spiro atoms. The van der Waals surface area contributed by atoms with E-state index in [4.69, 9.17) is 11.5 Å². The second-order valence-electron chi connectivity index (χ2n) is 3.47. The Morgan fingerprint density at radius 1 is 1.47 bits per heavy atom. The zero-order valence-electron chi connectivity index (χ0n) is 9.08. The molecule has 0 unspecified atom stereocenters. The van der Waals surface area contributed by atoms with Crippen molar-refractivity contribution >= 4 is 11.6 Å². The largest absolute Gasteiger partial charge is 0.383 e. The fourth-order valence-electron chi connectivity index (χ4n) is 1.39. The standard InChI is InChI=1S/C10H12N6O/c11-4-7-5-16(15-14-7)6-9(17)8-2-1-3-13-10(8)12/h1-3,5H,4,6,11H2,(H2,12,13). The number of carbonyl (C=O) groups is 1. The van der Waals surface area contributed by atoms with Crippen LogP contribution in [0, 0.1) is 0 Å². The van der Waals surface area contributed by atoms with Gasteiger partial charge in [-0.2, -0.15) is 0 Å². The summed E-state index contributed by atoms with van der Waals surface area (Å²) in [7, 11) is 0. The van der Waals surface area contributed by atoms with E-state index in [2.05, 4.69) is 15.3 Å². The first kappa shape index (κ1) is 11.2. The fraction of sp³-hybridized carbons (Fsp3) is 0.200. The average Bonchev–Trinajstić information content (AvgIpc) is 2.77. The molecule has 7 heteroatoms. The molecule has 0 fully saturated rings. The Bertz CT molecular complexity index is 535. The lowest BCUT2D eigenvalue weighted by Crippen LogP contribution is -2.13. The third-order valence-electron chi connectivity index (χ3n) is 2.24. The first-order valence-electron chi connectivity index (χ1n) is 5.03. The van der Waals surface area contributed by atoms with Crippen LogP contribution in [-0.2, 0) is 13.1 Å². The van der Waals surface area contributed by atoms with E-state index in [1.807, 2.05) is 0 Å². The predicted octanol–water partition coefficient (Wildman–Crippen LogP) is -0.403. The quantitative estimate of drug-likeness (QED) is 0.693. The zero-order valence-corrected chi connectivity index (χ0v) is 9.08. The van der Waals surface area contributed by atoms with Gasteiger partial charge in [-0.05, 0) is 12.1 Å². The maximum absolute atomic E-state index is 11.9. The van der Waals surface area contributed by atoms with Crippen LogP contribution < -0.4 is 11.5 Å². The molecule has 7 nitrogen and oxygen atoms in total. The molecule has 17 heavy (non-hydrogen) atoms. The van der Waals surface area contributed by atoms with Gasteiger partial charge in [0.25, 0.3) is 0 Å². The minimum absolute atomic E-state index is 0.0723. The summed E-state index contributed by atoms with van der Waals surface area (Å²) in [6.07, 6.45) is 3.17. The summed E-state index contributed by atoms with van der Waals surface area (Å²) in [4.78, 5) is 15.7. The summed E-state index contributed by atoms with van der Waals surface area (Å²) in [5.74, 6) is 0.0562. The topological polar surface area (TPSA) is 113 Å². The summed E-state index contributed by atoms with van der Waals surface area (Å²) in [5.41, 5.74) is 12.0. The number of Topliss-reactive ketones (excluding diaryl/α,β-unsaturated/α-hetero) is 1. The van der Waals surface area contributed by atoms with Gasteiger partial charge in [-0.1, -0.05) is 5.21 Å². The molecule has 0 aromatic carbocycles. The summed E-state index contributed by atoms with van der Waals surface area (Å²) in [6.45, 7) is 0.367. The average molecular weight is 232 g/mol. The van der Waals surface area contributed by atoms with E-state index in [0.29, 0.717) is 17.8 Å². The van der Waals surface area contributed by atoms with Crippen LogP contribution in [0.25, 0.3) is 0 Å². The van der Waals surface area contributed by atoms with E-state index < -0.39 is 0 Å². The molecule has 0 amide bonds. The number of anilines is 1. The van der Waals surface area contributed by atoms with Gasteiger partial charge in [0.2, 0.25) is 0 Å². The Morgan fingerprint density at radius 2 is 2.29 bits per heavy atom. The molecular weight excluding hydrogens is 220 g/mol. The van der Waals surface area contributed by atoms with Crippen LogP contribution in [0.2, 0.25) is 0 Å². The van der Waals surface area contributed by atoms with Crippen molar-refractivity contribution in [1.82, 2.24) is 20.0 Å². The zero-order chi connectivity index (χ0) is 12.3. The number of carbonyl (C=O) groups excluding carboxylic acids is 1. The Balaban J connectivity index is 2.14. The smallest absolute Gasteiger partial charge is 0.188 e. The lowest BCUT2D eigenvalue weighted by atomic mass is 10.1. The molecule has 0 atom stereocenters.